The highest BCUT2D eigenvalue weighted by atomic mass is 16.3. The number of ketones is 1. The molecule has 1 rings (SSSR count). The average Bonchev–Trinajstić information content (AvgIpc) is 2.27. The molecule has 0 aromatic heterocycles. The first-order valence-electron chi connectivity index (χ1n) is 5.20. The molecule has 0 saturated heterocycles. The Balaban J connectivity index is 2.34. The molecule has 1 aromatic rings. The number of benzene rings is 1. The summed E-state index contributed by atoms with van der Waals surface area (Å²) in [5.74, 6) is -0.461. The van der Waals surface area contributed by atoms with Gasteiger partial charge in [0.1, 0.15) is 5.78 Å². The van der Waals surface area contributed by atoms with Crippen molar-refractivity contribution in [3.63, 3.8) is 0 Å². The van der Waals surface area contributed by atoms with Gasteiger partial charge in [-0.1, -0.05) is 18.2 Å². The van der Waals surface area contributed by atoms with Crippen LogP contribution in [0.1, 0.15) is 19.3 Å². The highest BCUT2D eigenvalue weighted by molar-refractivity contribution is 6.04. The zero-order chi connectivity index (χ0) is 11.8. The Labute approximate surface area is 94.3 Å². The van der Waals surface area contributed by atoms with Crippen LogP contribution in [-0.4, -0.2) is 23.4 Å². The summed E-state index contributed by atoms with van der Waals surface area (Å²) in [7, 11) is 0. The van der Waals surface area contributed by atoms with Gasteiger partial charge in [-0.2, -0.15) is 0 Å². The number of rotatable bonds is 6. The number of carbonyl (C=O) groups is 2. The van der Waals surface area contributed by atoms with E-state index >= 15 is 0 Å². The summed E-state index contributed by atoms with van der Waals surface area (Å²) in [6.45, 7) is -0.0218. The van der Waals surface area contributed by atoms with Crippen LogP contribution < -0.4 is 5.32 Å². The van der Waals surface area contributed by atoms with Crippen LogP contribution in [0, 0.1) is 0 Å². The molecule has 4 heteroatoms. The molecule has 0 fully saturated rings. The third-order valence-corrected chi connectivity index (χ3v) is 2.03. The predicted molar refractivity (Wildman–Crippen MR) is 61.0 cm³/mol. The average molecular weight is 221 g/mol. The van der Waals surface area contributed by atoms with Gasteiger partial charge in [-0.3, -0.25) is 9.59 Å². The van der Waals surface area contributed by atoms with Gasteiger partial charge in [-0.25, -0.2) is 0 Å². The summed E-state index contributed by atoms with van der Waals surface area (Å²) in [5.41, 5.74) is 0.683. The van der Waals surface area contributed by atoms with Gasteiger partial charge in [-0.05, 0) is 18.6 Å². The SMILES string of the molecule is O=C(CCCO)CC(=O)Nc1ccccc1. The second-order valence-corrected chi connectivity index (χ2v) is 3.46. The minimum Gasteiger partial charge on any atom is -0.396 e. The summed E-state index contributed by atoms with van der Waals surface area (Å²) in [4.78, 5) is 22.6. The number of aliphatic hydroxyl groups is 1. The van der Waals surface area contributed by atoms with Gasteiger partial charge >= 0.3 is 0 Å². The van der Waals surface area contributed by atoms with E-state index in [9.17, 15) is 9.59 Å². The van der Waals surface area contributed by atoms with Crippen molar-refractivity contribution in [3.8, 4) is 0 Å². The van der Waals surface area contributed by atoms with E-state index in [1.165, 1.54) is 0 Å². The van der Waals surface area contributed by atoms with E-state index in [1.807, 2.05) is 18.2 Å². The first-order valence-corrected chi connectivity index (χ1v) is 5.20. The van der Waals surface area contributed by atoms with Crippen molar-refractivity contribution in [1.29, 1.82) is 0 Å². The van der Waals surface area contributed by atoms with Crippen LogP contribution >= 0.6 is 0 Å². The van der Waals surface area contributed by atoms with Crippen LogP contribution in [0.3, 0.4) is 0 Å². The maximum atomic E-state index is 11.4. The molecule has 0 aliphatic heterocycles. The molecular weight excluding hydrogens is 206 g/mol. The first kappa shape index (κ1) is 12.4. The Morgan fingerprint density at radius 2 is 1.88 bits per heavy atom. The molecule has 4 nitrogen and oxygen atoms in total. The van der Waals surface area contributed by atoms with Crippen molar-refractivity contribution in [1.82, 2.24) is 0 Å². The highest BCUT2D eigenvalue weighted by Crippen LogP contribution is 2.06. The molecule has 2 N–H and O–H groups in total. The van der Waals surface area contributed by atoms with Crippen molar-refractivity contribution >= 4 is 17.4 Å². The molecule has 0 atom stereocenters. The van der Waals surface area contributed by atoms with Crippen LogP contribution in [0.5, 0.6) is 0 Å². The second kappa shape index (κ2) is 6.74. The number of amides is 1. The molecule has 1 amide bonds. The van der Waals surface area contributed by atoms with E-state index in [0.717, 1.165) is 0 Å². The molecule has 0 aliphatic rings. The molecule has 16 heavy (non-hydrogen) atoms. The number of nitrogens with one attached hydrogen (secondary N) is 1. The number of aliphatic hydroxyl groups excluding tert-OH is 1. The fourth-order valence-corrected chi connectivity index (χ4v) is 1.27. The summed E-state index contributed by atoms with van der Waals surface area (Å²) >= 11 is 0. The zero-order valence-electron chi connectivity index (χ0n) is 8.98. The Morgan fingerprint density at radius 3 is 2.50 bits per heavy atom. The van der Waals surface area contributed by atoms with Crippen molar-refractivity contribution in [3.05, 3.63) is 30.3 Å². The maximum absolute atomic E-state index is 11.4. The lowest BCUT2D eigenvalue weighted by Crippen LogP contribution is -2.16. The molecule has 0 radical (unpaired) electrons. The number of para-hydroxylation sites is 1. The third-order valence-electron chi connectivity index (χ3n) is 2.03. The Kier molecular flexibility index (Phi) is 5.22. The van der Waals surface area contributed by atoms with Crippen LogP contribution in [0.4, 0.5) is 5.69 Å². The van der Waals surface area contributed by atoms with Crippen LogP contribution in [0.25, 0.3) is 0 Å². The molecule has 0 unspecified atom stereocenters. The molecule has 0 spiro atoms. The lowest BCUT2D eigenvalue weighted by atomic mass is 10.1. The lowest BCUT2D eigenvalue weighted by Gasteiger charge is -2.03. The normalized spacial score (nSPS) is 9.81. The molecule has 86 valence electrons. The zero-order valence-corrected chi connectivity index (χ0v) is 8.98. The third kappa shape index (κ3) is 4.70. The van der Waals surface area contributed by atoms with Crippen molar-refractivity contribution < 1.29 is 14.7 Å². The first-order chi connectivity index (χ1) is 7.72. The standard InChI is InChI=1S/C12H15NO3/c14-8-4-7-11(15)9-12(16)13-10-5-2-1-3-6-10/h1-3,5-6,14H,4,7-9H2,(H,13,16). The van der Waals surface area contributed by atoms with Crippen LogP contribution in [0.2, 0.25) is 0 Å². The van der Waals surface area contributed by atoms with E-state index in [1.54, 1.807) is 12.1 Å². The van der Waals surface area contributed by atoms with E-state index in [0.29, 0.717) is 12.1 Å². The van der Waals surface area contributed by atoms with Crippen LogP contribution in [0.15, 0.2) is 30.3 Å². The molecule has 0 saturated carbocycles. The van der Waals surface area contributed by atoms with Gasteiger partial charge in [0, 0.05) is 18.7 Å². The largest absolute Gasteiger partial charge is 0.396 e. The van der Waals surface area contributed by atoms with Gasteiger partial charge in [0.15, 0.2) is 0 Å². The number of hydrogen-bond acceptors (Lipinski definition) is 3. The number of carbonyl (C=O) groups excluding carboxylic acids is 2. The topological polar surface area (TPSA) is 66.4 Å². The monoisotopic (exact) mass is 221 g/mol. The van der Waals surface area contributed by atoms with Crippen molar-refractivity contribution in [2.45, 2.75) is 19.3 Å². The van der Waals surface area contributed by atoms with Gasteiger partial charge in [0.25, 0.3) is 0 Å². The van der Waals surface area contributed by atoms with E-state index in [4.69, 9.17) is 5.11 Å². The van der Waals surface area contributed by atoms with Gasteiger partial charge in [0.05, 0.1) is 6.42 Å². The van der Waals surface area contributed by atoms with Gasteiger partial charge in [-0.15, -0.1) is 0 Å². The molecule has 1 aromatic carbocycles. The van der Waals surface area contributed by atoms with E-state index in [-0.39, 0.29) is 31.1 Å². The smallest absolute Gasteiger partial charge is 0.231 e. The summed E-state index contributed by atoms with van der Waals surface area (Å²) in [6.07, 6.45) is 0.533. The van der Waals surface area contributed by atoms with Crippen molar-refractivity contribution in [2.24, 2.45) is 0 Å². The minimum atomic E-state index is -0.311. The Morgan fingerprint density at radius 1 is 1.19 bits per heavy atom. The fourth-order valence-electron chi connectivity index (χ4n) is 1.27. The number of hydrogen-bond donors (Lipinski definition) is 2. The molecule has 0 bridgehead atoms. The van der Waals surface area contributed by atoms with E-state index in [2.05, 4.69) is 5.32 Å². The second-order valence-electron chi connectivity index (χ2n) is 3.46. The fraction of sp³-hybridized carbons (Fsp3) is 0.333. The molecular formula is C12H15NO3. The van der Waals surface area contributed by atoms with Crippen molar-refractivity contribution in [2.75, 3.05) is 11.9 Å². The highest BCUT2D eigenvalue weighted by Gasteiger charge is 2.08. The predicted octanol–water partition coefficient (Wildman–Crippen LogP) is 1.36. The number of Topliss-reactive ketones (excluding diaryl/α,β-unsaturated/α-hetero) is 1. The van der Waals surface area contributed by atoms with E-state index < -0.39 is 0 Å². The quantitative estimate of drug-likeness (QED) is 0.713. The molecule has 0 heterocycles. The lowest BCUT2D eigenvalue weighted by molar-refractivity contribution is -0.125. The molecule has 0 aliphatic carbocycles. The summed E-state index contributed by atoms with van der Waals surface area (Å²) in [6, 6.07) is 8.99. The summed E-state index contributed by atoms with van der Waals surface area (Å²) < 4.78 is 0. The van der Waals surface area contributed by atoms with Crippen LogP contribution in [-0.2, 0) is 9.59 Å². The maximum Gasteiger partial charge on any atom is 0.231 e. The Hall–Kier alpha value is -1.68. The minimum absolute atomic E-state index is 0.0218. The number of anilines is 1. The summed E-state index contributed by atoms with van der Waals surface area (Å²) in [5, 5.41) is 11.2. The van der Waals surface area contributed by atoms with Gasteiger partial charge in [0.2, 0.25) is 5.91 Å². The van der Waals surface area contributed by atoms with Gasteiger partial charge < -0.3 is 10.4 Å². The Bertz CT molecular complexity index is 349.